The van der Waals surface area contributed by atoms with E-state index in [4.69, 9.17) is 9.88 Å². The fourth-order valence-electron chi connectivity index (χ4n) is 1.37. The molecule has 0 aliphatic rings. The lowest BCUT2D eigenvalue weighted by Gasteiger charge is -2.24. The summed E-state index contributed by atoms with van der Waals surface area (Å²) < 4.78 is 27.9. The summed E-state index contributed by atoms with van der Waals surface area (Å²) in [7, 11) is -0.314. The number of nitrogens with two attached hydrogens (primary N) is 1. The monoisotopic (exact) mass is 462 g/mol. The van der Waals surface area contributed by atoms with Crippen molar-refractivity contribution in [3.63, 3.8) is 0 Å². The zero-order valence-electron chi connectivity index (χ0n) is 13.0. The number of guanidine groups is 1. The van der Waals surface area contributed by atoms with Gasteiger partial charge in [-0.1, -0.05) is 0 Å². The van der Waals surface area contributed by atoms with E-state index in [0.29, 0.717) is 19.0 Å². The van der Waals surface area contributed by atoms with E-state index in [1.54, 1.807) is 20.2 Å². The Labute approximate surface area is 152 Å². The molecule has 0 bridgehead atoms. The predicted octanol–water partition coefficient (Wildman–Crippen LogP) is 1.10. The first-order valence-corrected chi connectivity index (χ1v) is 8.65. The number of methoxy groups -OCH3 is 1. The van der Waals surface area contributed by atoms with Crippen molar-refractivity contribution in [2.75, 3.05) is 20.7 Å². The maximum atomic E-state index is 11.2. The molecule has 0 saturated carbocycles. The van der Waals surface area contributed by atoms with Crippen LogP contribution in [-0.4, -0.2) is 40.7 Å². The van der Waals surface area contributed by atoms with Crippen molar-refractivity contribution in [1.29, 1.82) is 0 Å². The number of sulfonamides is 1. The number of aliphatic imine (C=N–C) groups is 1. The van der Waals surface area contributed by atoms with Crippen LogP contribution in [-0.2, 0) is 21.3 Å². The molecule has 22 heavy (non-hydrogen) atoms. The third kappa shape index (κ3) is 7.22. The molecule has 0 aliphatic carbocycles. The average Bonchev–Trinajstić information content (AvgIpc) is 2.88. The summed E-state index contributed by atoms with van der Waals surface area (Å²) in [6, 6.07) is 3.23. The molecular weight excluding hydrogens is 439 g/mol. The van der Waals surface area contributed by atoms with Crippen LogP contribution in [0.25, 0.3) is 0 Å². The van der Waals surface area contributed by atoms with Gasteiger partial charge in [0.15, 0.2) is 5.96 Å². The van der Waals surface area contributed by atoms with Crippen LogP contribution in [0, 0.1) is 0 Å². The largest absolute Gasteiger partial charge is 0.377 e. The van der Waals surface area contributed by atoms with E-state index < -0.39 is 10.0 Å². The van der Waals surface area contributed by atoms with E-state index in [0.717, 1.165) is 16.2 Å². The normalized spacial score (nSPS) is 12.7. The lowest BCUT2D eigenvalue weighted by Crippen LogP contribution is -2.44. The van der Waals surface area contributed by atoms with Gasteiger partial charge in [-0.3, -0.25) is 4.99 Å². The highest BCUT2D eigenvalue weighted by atomic mass is 127. The second-order valence-electron chi connectivity index (χ2n) is 5.01. The SMILES string of the molecule is CN=C(NCc1ccc(S(N)(=O)=O)s1)NCC(C)(C)OC.I. The molecule has 0 fully saturated rings. The first kappa shape index (κ1) is 21.6. The Hall–Kier alpha value is -0.430. The number of halogens is 1. The fraction of sp³-hybridized carbons (Fsp3) is 0.583. The fourth-order valence-corrected chi connectivity index (χ4v) is 3.08. The molecule has 0 aliphatic heterocycles. The number of thiophene rings is 1. The molecular formula is C12H23IN4O3S2. The van der Waals surface area contributed by atoms with Crippen molar-refractivity contribution in [2.24, 2.45) is 10.1 Å². The van der Waals surface area contributed by atoms with Gasteiger partial charge in [-0.25, -0.2) is 13.6 Å². The third-order valence-corrected chi connectivity index (χ3v) is 5.33. The van der Waals surface area contributed by atoms with E-state index in [9.17, 15) is 8.42 Å². The molecule has 7 nitrogen and oxygen atoms in total. The molecule has 10 heteroatoms. The van der Waals surface area contributed by atoms with Crippen LogP contribution in [0.3, 0.4) is 0 Å². The zero-order chi connectivity index (χ0) is 16.1. The maximum absolute atomic E-state index is 11.2. The minimum Gasteiger partial charge on any atom is -0.377 e. The molecule has 1 rings (SSSR count). The molecule has 0 spiro atoms. The quantitative estimate of drug-likeness (QED) is 0.334. The second-order valence-corrected chi connectivity index (χ2v) is 7.97. The molecule has 0 atom stereocenters. The number of nitrogens with one attached hydrogen (secondary N) is 2. The number of primary sulfonamides is 1. The van der Waals surface area contributed by atoms with Crippen molar-refractivity contribution in [1.82, 2.24) is 10.6 Å². The van der Waals surface area contributed by atoms with Gasteiger partial charge in [0.25, 0.3) is 0 Å². The minimum absolute atomic E-state index is 0. The lowest BCUT2D eigenvalue weighted by molar-refractivity contribution is 0.0268. The molecule has 0 amide bonds. The topological polar surface area (TPSA) is 106 Å². The van der Waals surface area contributed by atoms with Crippen LogP contribution < -0.4 is 15.8 Å². The van der Waals surface area contributed by atoms with Gasteiger partial charge in [0, 0.05) is 25.6 Å². The summed E-state index contributed by atoms with van der Waals surface area (Å²) in [5.74, 6) is 0.616. The number of hydrogen-bond acceptors (Lipinski definition) is 5. The van der Waals surface area contributed by atoms with Crippen molar-refractivity contribution in [3.05, 3.63) is 17.0 Å². The first-order valence-electron chi connectivity index (χ1n) is 6.29. The number of rotatable bonds is 6. The van der Waals surface area contributed by atoms with Gasteiger partial charge in [-0.05, 0) is 26.0 Å². The van der Waals surface area contributed by atoms with E-state index in [1.165, 1.54) is 6.07 Å². The molecule has 4 N–H and O–H groups in total. The van der Waals surface area contributed by atoms with Gasteiger partial charge in [0.2, 0.25) is 10.0 Å². The Bertz CT molecular complexity index is 599. The van der Waals surface area contributed by atoms with Crippen molar-refractivity contribution < 1.29 is 13.2 Å². The smallest absolute Gasteiger partial charge is 0.247 e. The van der Waals surface area contributed by atoms with E-state index in [2.05, 4.69) is 15.6 Å². The number of hydrogen-bond donors (Lipinski definition) is 3. The van der Waals surface area contributed by atoms with Gasteiger partial charge in [-0.2, -0.15) is 0 Å². The lowest BCUT2D eigenvalue weighted by atomic mass is 10.1. The van der Waals surface area contributed by atoms with Gasteiger partial charge >= 0.3 is 0 Å². The Morgan fingerprint density at radius 1 is 1.41 bits per heavy atom. The molecule has 1 heterocycles. The van der Waals surface area contributed by atoms with Crippen LogP contribution in [0.15, 0.2) is 21.3 Å². The summed E-state index contributed by atoms with van der Waals surface area (Å²) in [5.41, 5.74) is -0.304. The second kappa shape index (κ2) is 9.01. The van der Waals surface area contributed by atoms with Crippen molar-refractivity contribution in [3.8, 4) is 0 Å². The van der Waals surface area contributed by atoms with Crippen LogP contribution >= 0.6 is 35.3 Å². The van der Waals surface area contributed by atoms with Crippen molar-refractivity contribution >= 4 is 51.3 Å². The highest BCUT2D eigenvalue weighted by Gasteiger charge is 2.16. The molecule has 1 aromatic rings. The summed E-state index contributed by atoms with van der Waals surface area (Å²) >= 11 is 1.14. The van der Waals surface area contributed by atoms with Crippen molar-refractivity contribution in [2.45, 2.75) is 30.2 Å². The van der Waals surface area contributed by atoms with Crippen LogP contribution in [0.5, 0.6) is 0 Å². The van der Waals surface area contributed by atoms with Crippen LogP contribution in [0.1, 0.15) is 18.7 Å². The van der Waals surface area contributed by atoms with E-state index in [1.807, 2.05) is 13.8 Å². The van der Waals surface area contributed by atoms with Gasteiger partial charge in [0.1, 0.15) is 4.21 Å². The van der Waals surface area contributed by atoms with Gasteiger partial charge < -0.3 is 15.4 Å². The Morgan fingerprint density at radius 3 is 2.50 bits per heavy atom. The molecule has 0 unspecified atom stereocenters. The summed E-state index contributed by atoms with van der Waals surface area (Å²) in [6.07, 6.45) is 0. The average molecular weight is 462 g/mol. The molecule has 128 valence electrons. The number of nitrogens with zero attached hydrogens (tertiary/aromatic N) is 1. The Kier molecular flexibility index (Phi) is 8.83. The number of ether oxygens (including phenoxy) is 1. The predicted molar refractivity (Wildman–Crippen MR) is 100 cm³/mol. The zero-order valence-corrected chi connectivity index (χ0v) is 17.0. The summed E-state index contributed by atoms with van der Waals surface area (Å²) in [5, 5.41) is 11.3. The van der Waals surface area contributed by atoms with Crippen LogP contribution in [0.2, 0.25) is 0 Å². The maximum Gasteiger partial charge on any atom is 0.247 e. The van der Waals surface area contributed by atoms with Gasteiger partial charge in [0.05, 0.1) is 12.1 Å². The summed E-state index contributed by atoms with van der Waals surface area (Å²) in [6.45, 7) is 4.99. The summed E-state index contributed by atoms with van der Waals surface area (Å²) in [4.78, 5) is 4.95. The molecule has 0 saturated heterocycles. The minimum atomic E-state index is -3.63. The van der Waals surface area contributed by atoms with E-state index in [-0.39, 0.29) is 33.8 Å². The highest BCUT2D eigenvalue weighted by molar-refractivity contribution is 14.0. The van der Waals surface area contributed by atoms with Crippen LogP contribution in [0.4, 0.5) is 0 Å². The van der Waals surface area contributed by atoms with Gasteiger partial charge in [-0.15, -0.1) is 35.3 Å². The first-order chi connectivity index (χ1) is 9.68. The van der Waals surface area contributed by atoms with E-state index >= 15 is 0 Å². The Balaban J connectivity index is 0.00000441. The molecule has 0 radical (unpaired) electrons. The molecule has 1 aromatic heterocycles. The standard InChI is InChI=1S/C12H22N4O3S2.HI/c1-12(2,19-4)8-16-11(14-3)15-7-9-5-6-10(20-9)21(13,17)18;/h5-6H,7-8H2,1-4H3,(H2,13,17,18)(H2,14,15,16);1H. The highest BCUT2D eigenvalue weighted by Crippen LogP contribution is 2.19. The Morgan fingerprint density at radius 2 is 2.05 bits per heavy atom. The third-order valence-electron chi connectivity index (χ3n) is 2.81. The molecule has 0 aromatic carbocycles.